The van der Waals surface area contributed by atoms with Crippen LogP contribution in [0.4, 0.5) is 4.39 Å². The molecule has 0 bridgehead atoms. The molecule has 1 saturated carbocycles. The van der Waals surface area contributed by atoms with E-state index in [1.165, 1.54) is 24.6 Å². The molecule has 0 saturated heterocycles. The summed E-state index contributed by atoms with van der Waals surface area (Å²) < 4.78 is 15.7. The lowest BCUT2D eigenvalue weighted by atomic mass is 9.94. The third-order valence-electron chi connectivity index (χ3n) is 5.76. The van der Waals surface area contributed by atoms with Crippen LogP contribution < -0.4 is 0 Å². The summed E-state index contributed by atoms with van der Waals surface area (Å²) in [5, 5.41) is 4.09. The fraction of sp³-hybridized carbons (Fsp3) is 0.455. The number of carbonyl (C=O) groups excluding carboxylic acids is 1. The lowest BCUT2D eigenvalue weighted by Crippen LogP contribution is -2.36. The smallest absolute Gasteiger partial charge is 0.261 e. The van der Waals surface area contributed by atoms with E-state index < -0.39 is 5.95 Å². The Morgan fingerprint density at radius 3 is 2.67 bits per heavy atom. The number of aryl methyl sites for hydroxylation is 2. The molecule has 27 heavy (non-hydrogen) atoms. The molecular weight excluding hydrogens is 341 g/mol. The number of halogens is 1. The summed E-state index contributed by atoms with van der Waals surface area (Å²) in [6, 6.07) is 8.40. The number of nitrogens with zero attached hydrogens (tertiary/aromatic N) is 3. The zero-order chi connectivity index (χ0) is 19.1. The highest BCUT2D eigenvalue weighted by Gasteiger charge is 2.39. The highest BCUT2D eigenvalue weighted by Crippen LogP contribution is 2.40. The van der Waals surface area contributed by atoms with Gasteiger partial charge in [0, 0.05) is 13.1 Å². The summed E-state index contributed by atoms with van der Waals surface area (Å²) in [6.07, 6.45) is 7.63. The Hall–Kier alpha value is -2.43. The Balaban J connectivity index is 1.72. The first-order valence-electron chi connectivity index (χ1n) is 9.79. The van der Waals surface area contributed by atoms with E-state index in [0.29, 0.717) is 5.69 Å². The van der Waals surface area contributed by atoms with E-state index in [0.717, 1.165) is 35.9 Å². The molecule has 1 aromatic heterocycles. The average Bonchev–Trinajstić information content (AvgIpc) is 3.25. The van der Waals surface area contributed by atoms with E-state index in [2.05, 4.69) is 36.3 Å². The maximum Gasteiger partial charge on any atom is 0.261 e. The number of carbonyl (C=O) groups is 1. The summed E-state index contributed by atoms with van der Waals surface area (Å²) in [5.41, 5.74) is 4.29. The molecule has 4 rings (SSSR count). The fourth-order valence-electron chi connectivity index (χ4n) is 4.23. The lowest BCUT2D eigenvalue weighted by Gasteiger charge is -2.31. The van der Waals surface area contributed by atoms with E-state index >= 15 is 0 Å². The molecule has 1 atom stereocenters. The van der Waals surface area contributed by atoms with Gasteiger partial charge in [-0.1, -0.05) is 30.3 Å². The predicted octanol–water partition coefficient (Wildman–Crippen LogP) is 4.80. The van der Waals surface area contributed by atoms with Crippen molar-refractivity contribution in [3.8, 4) is 0 Å². The van der Waals surface area contributed by atoms with Gasteiger partial charge in [0.25, 0.3) is 5.91 Å². The molecule has 1 fully saturated rings. The zero-order valence-electron chi connectivity index (χ0n) is 16.2. The van der Waals surface area contributed by atoms with Gasteiger partial charge in [-0.05, 0) is 62.7 Å². The van der Waals surface area contributed by atoms with Crippen LogP contribution in [-0.2, 0) is 7.05 Å². The number of allylic oxidation sites excluding steroid dienone is 2. The van der Waals surface area contributed by atoms with Crippen molar-refractivity contribution in [3.63, 3.8) is 0 Å². The quantitative estimate of drug-likeness (QED) is 0.761. The van der Waals surface area contributed by atoms with Crippen molar-refractivity contribution < 1.29 is 9.18 Å². The van der Waals surface area contributed by atoms with Crippen LogP contribution in [-0.4, -0.2) is 26.6 Å². The second kappa shape index (κ2) is 6.95. The van der Waals surface area contributed by atoms with Gasteiger partial charge in [-0.2, -0.15) is 9.49 Å². The van der Waals surface area contributed by atoms with E-state index in [1.54, 1.807) is 6.92 Å². The van der Waals surface area contributed by atoms with Crippen molar-refractivity contribution in [2.24, 2.45) is 7.05 Å². The molecule has 142 valence electrons. The maximum atomic E-state index is 14.6. The Labute approximate surface area is 159 Å². The minimum Gasteiger partial charge on any atom is -0.329 e. The molecule has 1 aromatic carbocycles. The summed E-state index contributed by atoms with van der Waals surface area (Å²) in [5.74, 6) is -0.801. The molecule has 1 heterocycles. The van der Waals surface area contributed by atoms with Crippen LogP contribution in [0.15, 0.2) is 30.3 Å². The number of hydrogen-bond acceptors (Lipinski definition) is 2. The minimum atomic E-state index is -0.554. The van der Waals surface area contributed by atoms with Gasteiger partial charge in [0.2, 0.25) is 5.95 Å². The molecule has 1 unspecified atom stereocenters. The molecule has 0 radical (unpaired) electrons. The summed E-state index contributed by atoms with van der Waals surface area (Å²) >= 11 is 0. The minimum absolute atomic E-state index is 0.105. The first-order valence-corrected chi connectivity index (χ1v) is 9.79. The summed E-state index contributed by atoms with van der Waals surface area (Å²) in [6.45, 7) is 3.76. The zero-order valence-corrected chi connectivity index (χ0v) is 16.2. The monoisotopic (exact) mass is 367 g/mol. The second-order valence-electron chi connectivity index (χ2n) is 7.70. The van der Waals surface area contributed by atoms with Crippen molar-refractivity contribution >= 4 is 11.5 Å². The Morgan fingerprint density at radius 1 is 1.33 bits per heavy atom. The Morgan fingerprint density at radius 2 is 2.07 bits per heavy atom. The van der Waals surface area contributed by atoms with E-state index in [-0.39, 0.29) is 23.6 Å². The van der Waals surface area contributed by atoms with Crippen LogP contribution in [0.1, 0.15) is 72.2 Å². The van der Waals surface area contributed by atoms with Crippen molar-refractivity contribution in [3.05, 3.63) is 58.7 Å². The average molecular weight is 367 g/mol. The molecule has 0 aliphatic heterocycles. The summed E-state index contributed by atoms with van der Waals surface area (Å²) in [7, 11) is 1.53. The molecule has 1 amide bonds. The predicted molar refractivity (Wildman–Crippen MR) is 104 cm³/mol. The van der Waals surface area contributed by atoms with Gasteiger partial charge in [0.15, 0.2) is 0 Å². The molecule has 2 aliphatic carbocycles. The van der Waals surface area contributed by atoms with Gasteiger partial charge < -0.3 is 4.90 Å². The number of amides is 1. The van der Waals surface area contributed by atoms with Crippen molar-refractivity contribution in [1.29, 1.82) is 0 Å². The first kappa shape index (κ1) is 18.0. The van der Waals surface area contributed by atoms with E-state index in [1.807, 2.05) is 11.0 Å². The Kier molecular flexibility index (Phi) is 4.62. The van der Waals surface area contributed by atoms with Gasteiger partial charge in [0.05, 0.1) is 11.7 Å². The maximum absolute atomic E-state index is 14.6. The third kappa shape index (κ3) is 3.20. The highest BCUT2D eigenvalue weighted by atomic mass is 19.1. The molecular formula is C22H26FN3O. The van der Waals surface area contributed by atoms with Crippen molar-refractivity contribution in [2.45, 2.75) is 58.0 Å². The summed E-state index contributed by atoms with van der Waals surface area (Å²) in [4.78, 5) is 15.2. The number of benzene rings is 1. The van der Waals surface area contributed by atoms with Crippen LogP contribution in [0.2, 0.25) is 0 Å². The SMILES string of the molecule is Cc1nn(C)c(F)c1C(=O)N(C1CC1)C(C)c1ccccc1C1=CCCC1. The number of aromatic nitrogens is 2. The normalized spacial score (nSPS) is 17.7. The standard InChI is InChI=1S/C22H26FN3O/c1-14-20(21(23)25(3)24-14)22(27)26(17-12-13-17)15(2)18-10-6-7-11-19(18)16-8-4-5-9-16/h6-8,10-11,15,17H,4-5,9,12-13H2,1-3H3. The molecule has 0 N–H and O–H groups in total. The topological polar surface area (TPSA) is 38.1 Å². The molecule has 2 aliphatic rings. The van der Waals surface area contributed by atoms with Gasteiger partial charge in [-0.25, -0.2) is 4.68 Å². The van der Waals surface area contributed by atoms with Gasteiger partial charge in [-0.15, -0.1) is 0 Å². The van der Waals surface area contributed by atoms with E-state index in [9.17, 15) is 9.18 Å². The highest BCUT2D eigenvalue weighted by molar-refractivity contribution is 5.96. The van der Waals surface area contributed by atoms with Gasteiger partial charge in [0.1, 0.15) is 5.56 Å². The van der Waals surface area contributed by atoms with Crippen LogP contribution in [0, 0.1) is 12.9 Å². The fourth-order valence-corrected chi connectivity index (χ4v) is 4.23. The van der Waals surface area contributed by atoms with Crippen LogP contribution in [0.25, 0.3) is 5.57 Å². The largest absolute Gasteiger partial charge is 0.329 e. The van der Waals surface area contributed by atoms with Crippen LogP contribution in [0.5, 0.6) is 0 Å². The van der Waals surface area contributed by atoms with Crippen molar-refractivity contribution in [1.82, 2.24) is 14.7 Å². The van der Waals surface area contributed by atoms with Gasteiger partial charge >= 0.3 is 0 Å². The second-order valence-corrected chi connectivity index (χ2v) is 7.70. The molecule has 5 heteroatoms. The number of hydrogen-bond donors (Lipinski definition) is 0. The number of rotatable bonds is 5. The van der Waals surface area contributed by atoms with Crippen molar-refractivity contribution in [2.75, 3.05) is 0 Å². The first-order chi connectivity index (χ1) is 13.0. The third-order valence-corrected chi connectivity index (χ3v) is 5.76. The Bertz CT molecular complexity index is 910. The lowest BCUT2D eigenvalue weighted by molar-refractivity contribution is 0.0667. The van der Waals surface area contributed by atoms with Gasteiger partial charge in [-0.3, -0.25) is 4.79 Å². The molecule has 2 aromatic rings. The van der Waals surface area contributed by atoms with Crippen LogP contribution >= 0.6 is 0 Å². The molecule has 4 nitrogen and oxygen atoms in total. The molecule has 0 spiro atoms. The van der Waals surface area contributed by atoms with E-state index in [4.69, 9.17) is 0 Å². The van der Waals surface area contributed by atoms with Crippen LogP contribution in [0.3, 0.4) is 0 Å².